The van der Waals surface area contributed by atoms with Gasteiger partial charge in [-0.2, -0.15) is 0 Å². The summed E-state index contributed by atoms with van der Waals surface area (Å²) in [6, 6.07) is 6.79. The highest BCUT2D eigenvalue weighted by Crippen LogP contribution is 2.23. The Morgan fingerprint density at radius 1 is 1.50 bits per heavy atom. The molecule has 0 radical (unpaired) electrons. The van der Waals surface area contributed by atoms with Crippen LogP contribution in [0.1, 0.15) is 10.6 Å². The minimum Gasteiger partial charge on any atom is -0.451 e. The summed E-state index contributed by atoms with van der Waals surface area (Å²) in [6.07, 6.45) is -0.729. The summed E-state index contributed by atoms with van der Waals surface area (Å²) in [6.45, 7) is 0.345. The number of nitrogens with zero attached hydrogens (tertiary/aromatic N) is 1. The molecule has 0 aliphatic rings. The molecule has 6 heteroatoms. The van der Waals surface area contributed by atoms with Crippen molar-refractivity contribution < 1.29 is 19.1 Å². The quantitative estimate of drug-likeness (QED) is 0.918. The van der Waals surface area contributed by atoms with Gasteiger partial charge in [0.15, 0.2) is 5.76 Å². The minimum atomic E-state index is -0.729. The van der Waals surface area contributed by atoms with Gasteiger partial charge in [-0.05, 0) is 24.3 Å². The average molecular weight is 298 g/mol. The van der Waals surface area contributed by atoms with Crippen molar-refractivity contribution in [2.24, 2.45) is 0 Å². The van der Waals surface area contributed by atoms with Gasteiger partial charge in [-0.1, -0.05) is 11.6 Å². The molecule has 0 aliphatic carbocycles. The fourth-order valence-electron chi connectivity index (χ4n) is 1.95. The zero-order chi connectivity index (χ0) is 14.7. The second-order valence-corrected chi connectivity index (χ2v) is 5.02. The third-order valence-corrected chi connectivity index (χ3v) is 3.11. The largest absolute Gasteiger partial charge is 0.451 e. The van der Waals surface area contributed by atoms with E-state index in [2.05, 4.69) is 0 Å². The van der Waals surface area contributed by atoms with Crippen molar-refractivity contribution in [1.82, 2.24) is 4.90 Å². The first kappa shape index (κ1) is 14.8. The Labute approximate surface area is 121 Å². The number of amides is 1. The van der Waals surface area contributed by atoms with Gasteiger partial charge in [0.25, 0.3) is 5.91 Å². The fourth-order valence-corrected chi connectivity index (χ4v) is 2.13. The smallest absolute Gasteiger partial charge is 0.289 e. The molecule has 0 bridgehead atoms. The Bertz CT molecular complexity index is 610. The molecule has 1 heterocycles. The first-order valence-corrected chi connectivity index (χ1v) is 6.50. The standard InChI is InChI=1S/C14H16ClNO4/c1-16(7-11(17)8-19-2)14(18)13-6-9-5-10(15)3-4-12(9)20-13/h3-6,11,17H,7-8H2,1-2H3. The first-order chi connectivity index (χ1) is 9.51. The van der Waals surface area contributed by atoms with Crippen molar-refractivity contribution in [3.05, 3.63) is 35.0 Å². The fraction of sp³-hybridized carbons (Fsp3) is 0.357. The third-order valence-electron chi connectivity index (χ3n) is 2.88. The van der Waals surface area contributed by atoms with Gasteiger partial charge >= 0.3 is 0 Å². The Morgan fingerprint density at radius 3 is 2.95 bits per heavy atom. The van der Waals surface area contributed by atoms with Crippen LogP contribution in [0.2, 0.25) is 5.02 Å². The van der Waals surface area contributed by atoms with E-state index in [0.29, 0.717) is 10.6 Å². The number of furan rings is 1. The second-order valence-electron chi connectivity index (χ2n) is 4.59. The van der Waals surface area contributed by atoms with Gasteiger partial charge in [0.2, 0.25) is 0 Å². The number of carbonyl (C=O) groups is 1. The summed E-state index contributed by atoms with van der Waals surface area (Å²) in [5.74, 6) is -0.0816. The molecule has 2 rings (SSSR count). The Balaban J connectivity index is 2.14. The van der Waals surface area contributed by atoms with Crippen LogP contribution < -0.4 is 0 Å². The molecule has 1 N–H and O–H groups in total. The highest BCUT2D eigenvalue weighted by molar-refractivity contribution is 6.31. The van der Waals surface area contributed by atoms with Crippen molar-refractivity contribution in [1.29, 1.82) is 0 Å². The maximum Gasteiger partial charge on any atom is 0.289 e. The van der Waals surface area contributed by atoms with E-state index in [1.165, 1.54) is 12.0 Å². The molecule has 1 aromatic heterocycles. The Morgan fingerprint density at radius 2 is 2.25 bits per heavy atom. The lowest BCUT2D eigenvalue weighted by molar-refractivity contribution is 0.0368. The number of benzene rings is 1. The average Bonchev–Trinajstić information content (AvgIpc) is 2.80. The van der Waals surface area contributed by atoms with Crippen molar-refractivity contribution in [3.8, 4) is 0 Å². The molecular formula is C14H16ClNO4. The van der Waals surface area contributed by atoms with Gasteiger partial charge in [0.05, 0.1) is 12.7 Å². The van der Waals surface area contributed by atoms with Crippen LogP contribution in [0.3, 0.4) is 0 Å². The van der Waals surface area contributed by atoms with Crippen LogP contribution in [0.4, 0.5) is 0 Å². The van der Waals surface area contributed by atoms with E-state index in [1.807, 2.05) is 0 Å². The summed E-state index contributed by atoms with van der Waals surface area (Å²) < 4.78 is 10.3. The number of carbonyl (C=O) groups excluding carboxylic acids is 1. The lowest BCUT2D eigenvalue weighted by Gasteiger charge is -2.19. The van der Waals surface area contributed by atoms with Crippen molar-refractivity contribution in [3.63, 3.8) is 0 Å². The zero-order valence-electron chi connectivity index (χ0n) is 11.3. The molecule has 1 amide bonds. The number of likely N-dealkylation sites (N-methyl/N-ethyl adjacent to an activating group) is 1. The summed E-state index contributed by atoms with van der Waals surface area (Å²) in [7, 11) is 3.09. The SMILES string of the molecule is COCC(O)CN(C)C(=O)c1cc2cc(Cl)ccc2o1. The maximum absolute atomic E-state index is 12.2. The maximum atomic E-state index is 12.2. The summed E-state index contributed by atoms with van der Waals surface area (Å²) in [5, 5.41) is 11.0. The van der Waals surface area contributed by atoms with Crippen molar-refractivity contribution >= 4 is 28.5 Å². The van der Waals surface area contributed by atoms with Crippen LogP contribution in [-0.2, 0) is 4.74 Å². The molecule has 108 valence electrons. The minimum absolute atomic E-state index is 0.171. The molecule has 5 nitrogen and oxygen atoms in total. The number of aliphatic hydroxyl groups excluding tert-OH is 1. The Kier molecular flexibility index (Phi) is 4.65. The molecule has 1 atom stereocenters. The molecule has 0 saturated carbocycles. The summed E-state index contributed by atoms with van der Waals surface area (Å²) in [5.41, 5.74) is 0.601. The number of ether oxygens (including phenoxy) is 1. The highest BCUT2D eigenvalue weighted by atomic mass is 35.5. The molecule has 1 unspecified atom stereocenters. The van der Waals surface area contributed by atoms with Crippen LogP contribution in [0.25, 0.3) is 11.0 Å². The molecular weight excluding hydrogens is 282 g/mol. The van der Waals surface area contributed by atoms with Crippen LogP contribution in [-0.4, -0.2) is 49.3 Å². The normalized spacial score (nSPS) is 12.6. The van der Waals surface area contributed by atoms with E-state index in [4.69, 9.17) is 20.8 Å². The molecule has 0 saturated heterocycles. The van der Waals surface area contributed by atoms with Crippen LogP contribution in [0, 0.1) is 0 Å². The van der Waals surface area contributed by atoms with Crippen LogP contribution in [0.5, 0.6) is 0 Å². The van der Waals surface area contributed by atoms with Gasteiger partial charge in [-0.3, -0.25) is 4.79 Å². The van der Waals surface area contributed by atoms with Gasteiger partial charge in [-0.15, -0.1) is 0 Å². The lowest BCUT2D eigenvalue weighted by atomic mass is 10.2. The van der Waals surface area contributed by atoms with Gasteiger partial charge < -0.3 is 19.2 Å². The van der Waals surface area contributed by atoms with E-state index >= 15 is 0 Å². The van der Waals surface area contributed by atoms with E-state index in [0.717, 1.165) is 5.39 Å². The van der Waals surface area contributed by atoms with Crippen molar-refractivity contribution in [2.45, 2.75) is 6.10 Å². The van der Waals surface area contributed by atoms with E-state index < -0.39 is 6.10 Å². The number of fused-ring (bicyclic) bond motifs is 1. The molecule has 20 heavy (non-hydrogen) atoms. The van der Waals surface area contributed by atoms with Gasteiger partial charge in [0, 0.05) is 31.1 Å². The lowest BCUT2D eigenvalue weighted by Crippen LogP contribution is -2.36. The monoisotopic (exact) mass is 297 g/mol. The number of aliphatic hydroxyl groups is 1. The topological polar surface area (TPSA) is 62.9 Å². The number of hydrogen-bond acceptors (Lipinski definition) is 4. The highest BCUT2D eigenvalue weighted by Gasteiger charge is 2.19. The van der Waals surface area contributed by atoms with E-state index in [1.54, 1.807) is 31.3 Å². The van der Waals surface area contributed by atoms with Gasteiger partial charge in [-0.25, -0.2) is 0 Å². The van der Waals surface area contributed by atoms with E-state index in [9.17, 15) is 9.90 Å². The number of methoxy groups -OCH3 is 1. The van der Waals surface area contributed by atoms with E-state index in [-0.39, 0.29) is 24.8 Å². The Hall–Kier alpha value is -1.56. The van der Waals surface area contributed by atoms with Crippen LogP contribution >= 0.6 is 11.6 Å². The van der Waals surface area contributed by atoms with Crippen molar-refractivity contribution in [2.75, 3.05) is 27.3 Å². The molecule has 0 spiro atoms. The number of hydrogen-bond donors (Lipinski definition) is 1. The van der Waals surface area contributed by atoms with Gasteiger partial charge in [0.1, 0.15) is 5.58 Å². The summed E-state index contributed by atoms with van der Waals surface area (Å²) in [4.78, 5) is 13.6. The third kappa shape index (κ3) is 3.30. The molecule has 0 fully saturated rings. The molecule has 1 aromatic carbocycles. The summed E-state index contributed by atoms with van der Waals surface area (Å²) >= 11 is 5.89. The second kappa shape index (κ2) is 6.26. The molecule has 2 aromatic rings. The number of halogens is 1. The predicted molar refractivity (Wildman–Crippen MR) is 76.1 cm³/mol. The zero-order valence-corrected chi connectivity index (χ0v) is 12.1. The predicted octanol–water partition coefficient (Wildman–Crippen LogP) is 2.17. The number of rotatable bonds is 5. The molecule has 0 aliphatic heterocycles. The van der Waals surface area contributed by atoms with Crippen LogP contribution in [0.15, 0.2) is 28.7 Å². The first-order valence-electron chi connectivity index (χ1n) is 6.13.